The zero-order valence-electron chi connectivity index (χ0n) is 11.0. The fourth-order valence-corrected chi connectivity index (χ4v) is 1.91. The van der Waals surface area contributed by atoms with Crippen LogP contribution in [0, 0.1) is 0 Å². The van der Waals surface area contributed by atoms with Crippen molar-refractivity contribution in [2.24, 2.45) is 5.10 Å². The summed E-state index contributed by atoms with van der Waals surface area (Å²) >= 11 is 9.13. The third-order valence-corrected chi connectivity index (χ3v) is 3.35. The van der Waals surface area contributed by atoms with E-state index in [1.165, 1.54) is 0 Å². The minimum absolute atomic E-state index is 0.138. The number of hydrogen-bond donors (Lipinski definition) is 2. The molecule has 0 aliphatic heterocycles. The van der Waals surface area contributed by atoms with Gasteiger partial charge in [0, 0.05) is 15.2 Å². The average molecular weight is 367 g/mol. The van der Waals surface area contributed by atoms with E-state index in [-0.39, 0.29) is 12.5 Å². The monoisotopic (exact) mass is 365 g/mol. The first-order valence-electron chi connectivity index (χ1n) is 6.20. The second kappa shape index (κ2) is 7.81. The smallest absolute Gasteiger partial charge is 0.259 e. The number of nitrogens with one attached hydrogen (secondary N) is 2. The Hall–Kier alpha value is -1.85. The molecule has 21 heavy (non-hydrogen) atoms. The number of hydrazone groups is 1. The first-order valence-corrected chi connectivity index (χ1v) is 7.37. The normalized spacial score (nSPS) is 10.6. The van der Waals surface area contributed by atoms with Crippen LogP contribution in [0.4, 0.5) is 5.69 Å². The summed E-state index contributed by atoms with van der Waals surface area (Å²) in [6.07, 6.45) is 1.59. The van der Waals surface area contributed by atoms with Crippen molar-refractivity contribution in [3.05, 3.63) is 63.6 Å². The van der Waals surface area contributed by atoms with Crippen LogP contribution in [0.5, 0.6) is 0 Å². The van der Waals surface area contributed by atoms with Crippen LogP contribution in [0.15, 0.2) is 58.1 Å². The molecule has 0 heterocycles. The number of carbonyl (C=O) groups is 1. The number of benzene rings is 2. The molecule has 0 saturated heterocycles. The van der Waals surface area contributed by atoms with Crippen molar-refractivity contribution < 1.29 is 4.79 Å². The highest BCUT2D eigenvalue weighted by atomic mass is 79.9. The second-order valence-electron chi connectivity index (χ2n) is 4.21. The Morgan fingerprint density at radius 3 is 2.48 bits per heavy atom. The van der Waals surface area contributed by atoms with Crippen LogP contribution in [0.2, 0.25) is 5.02 Å². The third-order valence-electron chi connectivity index (χ3n) is 2.57. The highest BCUT2D eigenvalue weighted by Gasteiger charge is 1.99. The van der Waals surface area contributed by atoms with Crippen molar-refractivity contribution in [2.75, 3.05) is 11.9 Å². The minimum atomic E-state index is -0.224. The molecule has 0 unspecified atom stereocenters. The zero-order valence-corrected chi connectivity index (χ0v) is 13.4. The van der Waals surface area contributed by atoms with E-state index >= 15 is 0 Å². The zero-order chi connectivity index (χ0) is 15.1. The number of carbonyl (C=O) groups excluding carboxylic acids is 1. The Balaban J connectivity index is 1.77. The summed E-state index contributed by atoms with van der Waals surface area (Å²) in [5, 5.41) is 7.53. The van der Waals surface area contributed by atoms with Gasteiger partial charge in [-0.2, -0.15) is 5.10 Å². The molecule has 0 aromatic heterocycles. The molecule has 0 aliphatic rings. The molecule has 0 radical (unpaired) electrons. The number of anilines is 1. The van der Waals surface area contributed by atoms with Crippen molar-refractivity contribution in [2.45, 2.75) is 0 Å². The number of amides is 1. The van der Waals surface area contributed by atoms with Crippen LogP contribution in [0.3, 0.4) is 0 Å². The fourth-order valence-electron chi connectivity index (χ4n) is 1.52. The van der Waals surface area contributed by atoms with Gasteiger partial charge in [-0.1, -0.05) is 39.7 Å². The van der Waals surface area contributed by atoms with Crippen LogP contribution in [0.25, 0.3) is 0 Å². The van der Waals surface area contributed by atoms with Gasteiger partial charge in [0.15, 0.2) is 0 Å². The summed E-state index contributed by atoms with van der Waals surface area (Å²) in [5.74, 6) is -0.224. The predicted molar refractivity (Wildman–Crippen MR) is 89.8 cm³/mol. The van der Waals surface area contributed by atoms with Crippen LogP contribution < -0.4 is 10.7 Å². The summed E-state index contributed by atoms with van der Waals surface area (Å²) in [6.45, 7) is 0.138. The van der Waals surface area contributed by atoms with Crippen molar-refractivity contribution in [3.63, 3.8) is 0 Å². The molecule has 2 rings (SSSR count). The van der Waals surface area contributed by atoms with E-state index in [1.807, 2.05) is 24.3 Å². The lowest BCUT2D eigenvalue weighted by molar-refractivity contribution is -0.119. The number of rotatable bonds is 5. The van der Waals surface area contributed by atoms with E-state index in [4.69, 9.17) is 11.6 Å². The van der Waals surface area contributed by atoms with Crippen LogP contribution >= 0.6 is 27.5 Å². The Kier molecular flexibility index (Phi) is 5.78. The summed E-state index contributed by atoms with van der Waals surface area (Å²) in [5.41, 5.74) is 4.19. The average Bonchev–Trinajstić information content (AvgIpc) is 2.49. The van der Waals surface area contributed by atoms with Gasteiger partial charge in [0.05, 0.1) is 12.8 Å². The number of halogens is 2. The molecule has 0 fully saturated rings. The van der Waals surface area contributed by atoms with Crippen molar-refractivity contribution in [1.82, 2.24) is 5.43 Å². The van der Waals surface area contributed by atoms with Crippen LogP contribution in [-0.4, -0.2) is 18.7 Å². The maximum atomic E-state index is 11.6. The Labute approximate surface area is 136 Å². The molecule has 0 aliphatic carbocycles. The maximum absolute atomic E-state index is 11.6. The van der Waals surface area contributed by atoms with Gasteiger partial charge in [-0.15, -0.1) is 0 Å². The van der Waals surface area contributed by atoms with Gasteiger partial charge in [-0.3, -0.25) is 4.79 Å². The predicted octanol–water partition coefficient (Wildman–Crippen LogP) is 3.66. The summed E-state index contributed by atoms with van der Waals surface area (Å²) in [7, 11) is 0. The van der Waals surface area contributed by atoms with E-state index in [9.17, 15) is 4.79 Å². The third kappa shape index (κ3) is 5.57. The molecule has 2 N–H and O–H groups in total. The van der Waals surface area contributed by atoms with Gasteiger partial charge >= 0.3 is 0 Å². The lowest BCUT2D eigenvalue weighted by Crippen LogP contribution is -2.25. The quantitative estimate of drug-likeness (QED) is 0.627. The Bertz CT molecular complexity index is 626. The maximum Gasteiger partial charge on any atom is 0.259 e. The van der Waals surface area contributed by atoms with E-state index in [0.29, 0.717) is 5.02 Å². The van der Waals surface area contributed by atoms with E-state index in [2.05, 4.69) is 31.8 Å². The Morgan fingerprint density at radius 1 is 1.14 bits per heavy atom. The SMILES string of the molecule is O=C(CNc1ccc(Cl)cc1)N/N=C\c1ccc(Br)cc1. The first kappa shape index (κ1) is 15.5. The summed E-state index contributed by atoms with van der Waals surface area (Å²) in [6, 6.07) is 14.7. The number of hydrogen-bond acceptors (Lipinski definition) is 3. The molecule has 0 saturated carbocycles. The van der Waals surface area contributed by atoms with Gasteiger partial charge in [0.25, 0.3) is 5.91 Å². The highest BCUT2D eigenvalue weighted by molar-refractivity contribution is 9.10. The topological polar surface area (TPSA) is 53.5 Å². The molecule has 0 atom stereocenters. The summed E-state index contributed by atoms with van der Waals surface area (Å²) in [4.78, 5) is 11.6. The minimum Gasteiger partial charge on any atom is -0.376 e. The molecule has 108 valence electrons. The summed E-state index contributed by atoms with van der Waals surface area (Å²) < 4.78 is 0.996. The molecule has 2 aromatic carbocycles. The molecule has 0 spiro atoms. The molecule has 0 bridgehead atoms. The molecular weight excluding hydrogens is 354 g/mol. The van der Waals surface area contributed by atoms with E-state index in [1.54, 1.807) is 30.5 Å². The lowest BCUT2D eigenvalue weighted by Gasteiger charge is -2.04. The van der Waals surface area contributed by atoms with Gasteiger partial charge < -0.3 is 5.32 Å². The first-order chi connectivity index (χ1) is 10.1. The lowest BCUT2D eigenvalue weighted by atomic mass is 10.2. The molecular formula is C15H13BrClN3O. The largest absolute Gasteiger partial charge is 0.376 e. The van der Waals surface area contributed by atoms with Gasteiger partial charge in [-0.05, 0) is 42.0 Å². The standard InChI is InChI=1S/C15H13BrClN3O/c16-12-3-1-11(2-4-12)9-19-20-15(21)10-18-14-7-5-13(17)6-8-14/h1-9,18H,10H2,(H,20,21)/b19-9-. The van der Waals surface area contributed by atoms with E-state index < -0.39 is 0 Å². The Morgan fingerprint density at radius 2 is 1.81 bits per heavy atom. The van der Waals surface area contributed by atoms with Crippen LogP contribution in [-0.2, 0) is 4.79 Å². The molecule has 1 amide bonds. The fraction of sp³-hybridized carbons (Fsp3) is 0.0667. The molecule has 6 heteroatoms. The van der Waals surface area contributed by atoms with Crippen molar-refractivity contribution >= 4 is 45.3 Å². The molecule has 4 nitrogen and oxygen atoms in total. The van der Waals surface area contributed by atoms with Crippen molar-refractivity contribution in [3.8, 4) is 0 Å². The number of nitrogens with zero attached hydrogens (tertiary/aromatic N) is 1. The second-order valence-corrected chi connectivity index (χ2v) is 5.56. The van der Waals surface area contributed by atoms with E-state index in [0.717, 1.165) is 15.7 Å². The van der Waals surface area contributed by atoms with Gasteiger partial charge in [0.1, 0.15) is 0 Å². The van der Waals surface area contributed by atoms with Crippen LogP contribution in [0.1, 0.15) is 5.56 Å². The van der Waals surface area contributed by atoms with Crippen molar-refractivity contribution in [1.29, 1.82) is 0 Å². The highest BCUT2D eigenvalue weighted by Crippen LogP contribution is 2.12. The van der Waals surface area contributed by atoms with Gasteiger partial charge in [-0.25, -0.2) is 5.43 Å². The molecule has 2 aromatic rings. The van der Waals surface area contributed by atoms with Gasteiger partial charge in [0.2, 0.25) is 0 Å².